The van der Waals surface area contributed by atoms with Gasteiger partial charge in [0.15, 0.2) is 5.78 Å². The van der Waals surface area contributed by atoms with E-state index in [1.165, 1.54) is 12.1 Å². The van der Waals surface area contributed by atoms with Crippen LogP contribution in [0.25, 0.3) is 11.1 Å². The van der Waals surface area contributed by atoms with Gasteiger partial charge in [-0.3, -0.25) is 24.5 Å². The van der Waals surface area contributed by atoms with Gasteiger partial charge < -0.3 is 0 Å². The SMILES string of the molecule is O=C1[C@H]2[C@H](C(=O)N1c1ccc(Cl)cc1[N+](=O)[O-])[C@@]1(c3ccccc3)C(=O)[C@@]2(c2ccccc2)C(c2ccccc2)=C1c1ccccc1. The van der Waals surface area contributed by atoms with Gasteiger partial charge in [-0.2, -0.15) is 0 Å². The molecule has 1 saturated carbocycles. The number of ketones is 1. The predicted molar refractivity (Wildman–Crippen MR) is 179 cm³/mol. The van der Waals surface area contributed by atoms with Crippen LogP contribution >= 0.6 is 11.6 Å². The third-order valence-electron chi connectivity index (χ3n) is 9.95. The molecule has 228 valence electrons. The maximum absolute atomic E-state index is 15.9. The smallest absolute Gasteiger partial charge is 0.294 e. The Labute approximate surface area is 274 Å². The van der Waals surface area contributed by atoms with Gasteiger partial charge in [0.05, 0.1) is 27.6 Å². The van der Waals surface area contributed by atoms with E-state index in [0.29, 0.717) is 22.3 Å². The fourth-order valence-corrected chi connectivity index (χ4v) is 8.57. The zero-order chi connectivity index (χ0) is 32.5. The van der Waals surface area contributed by atoms with Crippen LogP contribution in [0.1, 0.15) is 22.3 Å². The van der Waals surface area contributed by atoms with Crippen LogP contribution in [0.5, 0.6) is 0 Å². The van der Waals surface area contributed by atoms with E-state index >= 15 is 14.4 Å². The summed E-state index contributed by atoms with van der Waals surface area (Å²) in [5, 5.41) is 12.4. The van der Waals surface area contributed by atoms with E-state index in [4.69, 9.17) is 11.6 Å². The second-order valence-electron chi connectivity index (χ2n) is 12.0. The Morgan fingerprint density at radius 2 is 1.00 bits per heavy atom. The van der Waals surface area contributed by atoms with Crippen LogP contribution in [-0.2, 0) is 25.2 Å². The highest BCUT2D eigenvalue weighted by Gasteiger charge is 2.83. The van der Waals surface area contributed by atoms with Crippen molar-refractivity contribution in [2.45, 2.75) is 10.8 Å². The number of carbonyl (C=O) groups is 3. The number of rotatable bonds is 6. The minimum Gasteiger partial charge on any atom is -0.297 e. The van der Waals surface area contributed by atoms with Gasteiger partial charge in [-0.1, -0.05) is 133 Å². The maximum atomic E-state index is 15.9. The third-order valence-corrected chi connectivity index (χ3v) is 10.2. The summed E-state index contributed by atoms with van der Waals surface area (Å²) in [4.78, 5) is 58.5. The zero-order valence-corrected chi connectivity index (χ0v) is 25.5. The van der Waals surface area contributed by atoms with Crippen LogP contribution in [0.4, 0.5) is 11.4 Å². The van der Waals surface area contributed by atoms with Crippen LogP contribution < -0.4 is 4.90 Å². The molecular formula is C39H25ClN2O5. The molecule has 0 spiro atoms. The first-order valence-corrected chi connectivity index (χ1v) is 15.6. The van der Waals surface area contributed by atoms with Crippen LogP contribution in [0.15, 0.2) is 140 Å². The molecule has 4 atom stereocenters. The monoisotopic (exact) mass is 636 g/mol. The number of benzene rings is 5. The molecule has 1 heterocycles. The second kappa shape index (κ2) is 10.4. The van der Waals surface area contributed by atoms with Crippen molar-refractivity contribution in [2.24, 2.45) is 11.8 Å². The minimum absolute atomic E-state index is 0.0934. The number of nitrogens with zero attached hydrogens (tertiary/aromatic N) is 2. The predicted octanol–water partition coefficient (Wildman–Crippen LogP) is 7.44. The van der Waals surface area contributed by atoms with Crippen molar-refractivity contribution in [3.05, 3.63) is 177 Å². The average Bonchev–Trinajstić information content (AvgIpc) is 3.62. The van der Waals surface area contributed by atoms with E-state index in [0.717, 1.165) is 22.1 Å². The Kier molecular flexibility index (Phi) is 6.39. The van der Waals surface area contributed by atoms with Crippen molar-refractivity contribution in [1.82, 2.24) is 0 Å². The number of nitro benzene ring substituents is 1. The maximum Gasteiger partial charge on any atom is 0.294 e. The number of halogens is 1. The lowest BCUT2D eigenvalue weighted by Gasteiger charge is -2.39. The molecular weight excluding hydrogens is 612 g/mol. The van der Waals surface area contributed by atoms with E-state index in [-0.39, 0.29) is 16.5 Å². The van der Waals surface area contributed by atoms with Crippen LogP contribution in [0.3, 0.4) is 0 Å². The average molecular weight is 637 g/mol. The van der Waals surface area contributed by atoms with Crippen molar-refractivity contribution in [1.29, 1.82) is 0 Å². The number of hydrogen-bond acceptors (Lipinski definition) is 5. The Hall–Kier alpha value is -5.66. The molecule has 3 aliphatic rings. The molecule has 5 aromatic carbocycles. The molecule has 1 saturated heterocycles. The number of Topliss-reactive ketones (excluding diaryl/α,β-unsaturated/α-hetero) is 1. The topological polar surface area (TPSA) is 97.6 Å². The molecule has 2 fully saturated rings. The molecule has 2 bridgehead atoms. The first-order valence-electron chi connectivity index (χ1n) is 15.2. The summed E-state index contributed by atoms with van der Waals surface area (Å²) in [5.41, 5.74) is 0.107. The van der Waals surface area contributed by atoms with E-state index in [9.17, 15) is 10.1 Å². The number of amides is 2. The molecule has 8 heteroatoms. The first-order chi connectivity index (χ1) is 22.8. The highest BCUT2D eigenvalue weighted by Crippen LogP contribution is 2.74. The van der Waals surface area contributed by atoms with Crippen molar-refractivity contribution >= 4 is 51.7 Å². The van der Waals surface area contributed by atoms with Gasteiger partial charge in [0.1, 0.15) is 5.69 Å². The lowest BCUT2D eigenvalue weighted by Crippen LogP contribution is -2.45. The molecule has 5 aromatic rings. The number of hydrogen-bond donors (Lipinski definition) is 0. The number of anilines is 1. The highest BCUT2D eigenvalue weighted by atomic mass is 35.5. The third kappa shape index (κ3) is 3.66. The van der Waals surface area contributed by atoms with E-state index < -0.39 is 45.1 Å². The van der Waals surface area contributed by atoms with Crippen molar-refractivity contribution in [3.8, 4) is 0 Å². The van der Waals surface area contributed by atoms with E-state index in [2.05, 4.69) is 0 Å². The Morgan fingerprint density at radius 3 is 1.40 bits per heavy atom. The Balaban J connectivity index is 1.55. The van der Waals surface area contributed by atoms with Gasteiger partial charge in [-0.05, 0) is 45.5 Å². The Morgan fingerprint density at radius 1 is 0.596 bits per heavy atom. The summed E-state index contributed by atoms with van der Waals surface area (Å²) in [6.07, 6.45) is 0. The number of imide groups is 1. The largest absolute Gasteiger partial charge is 0.297 e. The second-order valence-corrected chi connectivity index (χ2v) is 12.5. The fourth-order valence-electron chi connectivity index (χ4n) is 8.40. The fraction of sp³-hybridized carbons (Fsp3) is 0.103. The van der Waals surface area contributed by atoms with Gasteiger partial charge in [0, 0.05) is 11.1 Å². The number of nitro groups is 1. The molecule has 0 aromatic heterocycles. The lowest BCUT2D eigenvalue weighted by atomic mass is 9.59. The molecule has 0 unspecified atom stereocenters. The highest BCUT2D eigenvalue weighted by molar-refractivity contribution is 6.39. The number of allylic oxidation sites excluding steroid dienone is 2. The lowest BCUT2D eigenvalue weighted by molar-refractivity contribution is -0.384. The summed E-state index contributed by atoms with van der Waals surface area (Å²) in [6, 6.07) is 41.2. The molecule has 0 radical (unpaired) electrons. The first kappa shape index (κ1) is 28.8. The van der Waals surface area contributed by atoms with Gasteiger partial charge >= 0.3 is 0 Å². The molecule has 1 aliphatic heterocycles. The molecule has 2 amide bonds. The van der Waals surface area contributed by atoms with Crippen LogP contribution in [0.2, 0.25) is 5.02 Å². The van der Waals surface area contributed by atoms with Gasteiger partial charge in [-0.25, -0.2) is 4.90 Å². The summed E-state index contributed by atoms with van der Waals surface area (Å²) in [6.45, 7) is 0. The van der Waals surface area contributed by atoms with Crippen molar-refractivity contribution in [2.75, 3.05) is 4.90 Å². The summed E-state index contributed by atoms with van der Waals surface area (Å²) in [7, 11) is 0. The van der Waals surface area contributed by atoms with Crippen molar-refractivity contribution < 1.29 is 19.3 Å². The van der Waals surface area contributed by atoms with E-state index in [1.54, 1.807) is 0 Å². The standard InChI is InChI=1S/C39H25ClN2O5/c40-28-21-22-29(30(23-28)42(46)47)41-35(43)33-34(36(41)44)39(27-19-11-4-12-20-27)32(25-15-7-2-8-16-25)31(24-13-5-1-6-14-24)38(33,37(39)45)26-17-9-3-10-18-26/h1-23,33-34H/t33-,34-,38+,39+/m1/s1. The summed E-state index contributed by atoms with van der Waals surface area (Å²) < 4.78 is 0. The van der Waals surface area contributed by atoms with Crippen LogP contribution in [-0.4, -0.2) is 22.5 Å². The molecule has 2 aliphatic carbocycles. The zero-order valence-electron chi connectivity index (χ0n) is 24.7. The minimum atomic E-state index is -1.60. The molecule has 8 rings (SSSR count). The number of fused-ring (bicyclic) bond motifs is 5. The van der Waals surface area contributed by atoms with Gasteiger partial charge in [0.25, 0.3) is 5.69 Å². The molecule has 47 heavy (non-hydrogen) atoms. The van der Waals surface area contributed by atoms with Gasteiger partial charge in [0.2, 0.25) is 11.8 Å². The van der Waals surface area contributed by atoms with Gasteiger partial charge in [-0.15, -0.1) is 0 Å². The molecule has 0 N–H and O–H groups in total. The van der Waals surface area contributed by atoms with Crippen molar-refractivity contribution in [3.63, 3.8) is 0 Å². The quantitative estimate of drug-likeness (QED) is 0.110. The molecule has 7 nitrogen and oxygen atoms in total. The number of carbonyl (C=O) groups excluding carboxylic acids is 3. The summed E-state index contributed by atoms with van der Waals surface area (Å²) in [5.74, 6) is -3.98. The van der Waals surface area contributed by atoms with Crippen LogP contribution in [0, 0.1) is 22.0 Å². The Bertz CT molecular complexity index is 2030. The summed E-state index contributed by atoms with van der Waals surface area (Å²) >= 11 is 6.15. The normalized spacial score (nSPS) is 24.6. The van der Waals surface area contributed by atoms with E-state index in [1.807, 2.05) is 121 Å².